The van der Waals surface area contributed by atoms with Crippen molar-refractivity contribution in [2.75, 3.05) is 0 Å². The van der Waals surface area contributed by atoms with Crippen molar-refractivity contribution < 1.29 is 4.79 Å². The summed E-state index contributed by atoms with van der Waals surface area (Å²) in [7, 11) is 0. The zero-order valence-corrected chi connectivity index (χ0v) is 14.4. The molecule has 1 aromatic rings. The lowest BCUT2D eigenvalue weighted by Crippen LogP contribution is -2.49. The molecule has 0 unspecified atom stereocenters. The van der Waals surface area contributed by atoms with Gasteiger partial charge in [-0.3, -0.25) is 15.6 Å². The lowest BCUT2D eigenvalue weighted by molar-refractivity contribution is 0.0947. The molecule has 0 aliphatic heterocycles. The number of amides is 1. The van der Waals surface area contributed by atoms with Gasteiger partial charge in [-0.2, -0.15) is 0 Å². The zero-order valence-electron chi connectivity index (χ0n) is 12.7. The predicted molar refractivity (Wildman–Crippen MR) is 94.2 cm³/mol. The third-order valence-corrected chi connectivity index (χ3v) is 5.91. The first-order valence-corrected chi connectivity index (χ1v) is 9.43. The second-order valence-corrected chi connectivity index (χ2v) is 7.70. The van der Waals surface area contributed by atoms with Crippen LogP contribution < -0.4 is 16.2 Å². The van der Waals surface area contributed by atoms with E-state index < -0.39 is 0 Å². The van der Waals surface area contributed by atoms with E-state index in [0.717, 1.165) is 30.6 Å². The lowest BCUT2D eigenvalue weighted by atomic mass is 10.1. The molecule has 0 radical (unpaired) electrons. The normalized spacial score (nSPS) is 18.4. The number of hydrazine groups is 1. The van der Waals surface area contributed by atoms with E-state index in [0.29, 0.717) is 11.2 Å². The Kier molecular flexibility index (Phi) is 5.31. The smallest absolute Gasteiger partial charge is 0.279 e. The highest BCUT2D eigenvalue weighted by molar-refractivity contribution is 7.80. The third kappa shape index (κ3) is 3.98. The van der Waals surface area contributed by atoms with Crippen molar-refractivity contribution in [2.45, 2.75) is 63.8 Å². The highest BCUT2D eigenvalue weighted by Gasteiger charge is 2.18. The standard InChI is InChI=1S/C16H23N3OS2/c20-15(18-19-16(21)17-12-7-4-5-8-12)14-10-11-6-2-1-3-9-13(11)22-14/h10,12H,1-9H2,(H,18,20)(H2,17,19,21). The van der Waals surface area contributed by atoms with Gasteiger partial charge in [0.05, 0.1) is 4.88 Å². The molecule has 4 nitrogen and oxygen atoms in total. The summed E-state index contributed by atoms with van der Waals surface area (Å²) < 4.78 is 0. The monoisotopic (exact) mass is 337 g/mol. The summed E-state index contributed by atoms with van der Waals surface area (Å²) in [5, 5.41) is 3.76. The summed E-state index contributed by atoms with van der Waals surface area (Å²) in [6.07, 6.45) is 10.8. The fourth-order valence-corrected chi connectivity index (χ4v) is 4.61. The highest BCUT2D eigenvalue weighted by Crippen LogP contribution is 2.28. The maximum absolute atomic E-state index is 12.2. The van der Waals surface area contributed by atoms with Gasteiger partial charge in [-0.15, -0.1) is 11.3 Å². The number of carbonyl (C=O) groups is 1. The van der Waals surface area contributed by atoms with E-state index in [-0.39, 0.29) is 5.91 Å². The van der Waals surface area contributed by atoms with Crippen LogP contribution in [0.1, 0.15) is 65.1 Å². The Hall–Kier alpha value is -1.14. The molecule has 1 aromatic heterocycles. The van der Waals surface area contributed by atoms with E-state index in [1.165, 1.54) is 42.5 Å². The fourth-order valence-electron chi connectivity index (χ4n) is 3.25. The number of fused-ring (bicyclic) bond motifs is 1. The molecule has 1 saturated carbocycles. The van der Waals surface area contributed by atoms with Gasteiger partial charge >= 0.3 is 0 Å². The SMILES string of the molecule is O=C(NNC(=S)NC1CCCC1)c1cc2c(s1)CCCCC2. The zero-order chi connectivity index (χ0) is 15.4. The number of aryl methyl sites for hydroxylation is 2. The van der Waals surface area contributed by atoms with Gasteiger partial charge in [-0.1, -0.05) is 19.3 Å². The van der Waals surface area contributed by atoms with Gasteiger partial charge in [0.15, 0.2) is 5.11 Å². The van der Waals surface area contributed by atoms with Crippen molar-refractivity contribution >= 4 is 34.6 Å². The first-order chi connectivity index (χ1) is 10.7. The first-order valence-electron chi connectivity index (χ1n) is 8.21. The number of hydrogen-bond acceptors (Lipinski definition) is 3. The average Bonchev–Trinajstić information content (AvgIpc) is 3.10. The van der Waals surface area contributed by atoms with Crippen molar-refractivity contribution in [3.63, 3.8) is 0 Å². The molecule has 2 aliphatic carbocycles. The van der Waals surface area contributed by atoms with Gasteiger partial charge in [0.25, 0.3) is 5.91 Å². The van der Waals surface area contributed by atoms with E-state index in [9.17, 15) is 4.79 Å². The Bertz CT molecular complexity index is 526. The topological polar surface area (TPSA) is 53.2 Å². The van der Waals surface area contributed by atoms with Crippen LogP contribution in [0.4, 0.5) is 0 Å². The van der Waals surface area contributed by atoms with Crippen molar-refractivity contribution in [1.82, 2.24) is 16.2 Å². The van der Waals surface area contributed by atoms with Gasteiger partial charge in [-0.25, -0.2) is 0 Å². The Morgan fingerprint density at radius 1 is 1.09 bits per heavy atom. The molecule has 22 heavy (non-hydrogen) atoms. The van der Waals surface area contributed by atoms with E-state index in [4.69, 9.17) is 12.2 Å². The molecule has 0 spiro atoms. The minimum Gasteiger partial charge on any atom is -0.359 e. The molecule has 120 valence electrons. The van der Waals surface area contributed by atoms with Crippen LogP contribution in [0.3, 0.4) is 0 Å². The summed E-state index contributed by atoms with van der Waals surface area (Å²) in [4.78, 5) is 14.4. The molecular weight excluding hydrogens is 314 g/mol. The summed E-state index contributed by atoms with van der Waals surface area (Å²) in [5.41, 5.74) is 6.90. The molecule has 6 heteroatoms. The third-order valence-electron chi connectivity index (χ3n) is 4.45. The molecule has 0 saturated heterocycles. The van der Waals surface area contributed by atoms with Gasteiger partial charge in [-0.05, 0) is 62.4 Å². The summed E-state index contributed by atoms with van der Waals surface area (Å²) >= 11 is 6.86. The van der Waals surface area contributed by atoms with Crippen molar-refractivity contribution in [2.24, 2.45) is 0 Å². The Balaban J connectivity index is 1.50. The number of thiocarbonyl (C=S) groups is 1. The molecule has 0 bridgehead atoms. The Morgan fingerprint density at radius 2 is 1.86 bits per heavy atom. The van der Waals surface area contributed by atoms with Crippen LogP contribution in [0.5, 0.6) is 0 Å². The van der Waals surface area contributed by atoms with Gasteiger partial charge < -0.3 is 5.32 Å². The average molecular weight is 338 g/mol. The number of hydrogen-bond donors (Lipinski definition) is 3. The molecule has 3 N–H and O–H groups in total. The van der Waals surface area contributed by atoms with E-state index in [1.807, 2.05) is 0 Å². The molecule has 1 fully saturated rings. The molecule has 2 aliphatic rings. The second kappa shape index (κ2) is 7.42. The van der Waals surface area contributed by atoms with Crippen LogP contribution in [0.15, 0.2) is 6.07 Å². The fraction of sp³-hybridized carbons (Fsp3) is 0.625. The summed E-state index contributed by atoms with van der Waals surface area (Å²) in [6.45, 7) is 0. The molecular formula is C16H23N3OS2. The number of carbonyl (C=O) groups excluding carboxylic acids is 1. The Morgan fingerprint density at radius 3 is 2.68 bits per heavy atom. The molecule has 1 amide bonds. The summed E-state index contributed by atoms with van der Waals surface area (Å²) in [6, 6.07) is 2.50. The highest BCUT2D eigenvalue weighted by atomic mass is 32.1. The predicted octanol–water partition coefficient (Wildman–Crippen LogP) is 3.07. The first kappa shape index (κ1) is 15.7. The molecule has 1 heterocycles. The van der Waals surface area contributed by atoms with Crippen molar-refractivity contribution in [3.8, 4) is 0 Å². The molecule has 0 atom stereocenters. The van der Waals surface area contributed by atoms with E-state index in [1.54, 1.807) is 11.3 Å². The minimum absolute atomic E-state index is 0.0892. The molecule has 0 aromatic carbocycles. The minimum atomic E-state index is -0.0892. The quantitative estimate of drug-likeness (QED) is 0.441. The Labute approximate surface area is 141 Å². The largest absolute Gasteiger partial charge is 0.359 e. The summed E-state index contributed by atoms with van der Waals surface area (Å²) in [5.74, 6) is -0.0892. The van der Waals surface area contributed by atoms with Crippen molar-refractivity contribution in [1.29, 1.82) is 0 Å². The van der Waals surface area contributed by atoms with Crippen LogP contribution in [-0.2, 0) is 12.8 Å². The van der Waals surface area contributed by atoms with Crippen LogP contribution in [0.2, 0.25) is 0 Å². The lowest BCUT2D eigenvalue weighted by Gasteiger charge is -2.15. The number of rotatable bonds is 2. The maximum atomic E-state index is 12.2. The number of thiophene rings is 1. The van der Waals surface area contributed by atoms with Crippen molar-refractivity contribution in [3.05, 3.63) is 21.4 Å². The van der Waals surface area contributed by atoms with Crippen LogP contribution in [0, 0.1) is 0 Å². The van der Waals surface area contributed by atoms with Gasteiger partial charge in [0.1, 0.15) is 0 Å². The van der Waals surface area contributed by atoms with Crippen LogP contribution >= 0.6 is 23.6 Å². The van der Waals surface area contributed by atoms with Crippen LogP contribution in [-0.4, -0.2) is 17.1 Å². The maximum Gasteiger partial charge on any atom is 0.279 e. The second-order valence-electron chi connectivity index (χ2n) is 6.15. The van der Waals surface area contributed by atoms with Gasteiger partial charge in [0.2, 0.25) is 0 Å². The van der Waals surface area contributed by atoms with E-state index in [2.05, 4.69) is 22.2 Å². The van der Waals surface area contributed by atoms with E-state index >= 15 is 0 Å². The molecule has 3 rings (SSSR count). The van der Waals surface area contributed by atoms with Crippen LogP contribution in [0.25, 0.3) is 0 Å². The van der Waals surface area contributed by atoms with Gasteiger partial charge in [0, 0.05) is 10.9 Å². The number of nitrogens with one attached hydrogen (secondary N) is 3.